The standard InChI is InChI=1S/C54H64N8O10/c1-30(2)45(58-51(65)68-8)49(63)61-21-9-10-42(61)48-56-25-41(57-48)35-17-15-33(16-18-35)32-11-13-34(14-12-32)37-22-40(55-24-37)43-23-38(27-62(43)50(64)46(31(3)4)59-52(66)72-54(5,6)7)71-53(67)60-26-36-19-20-44-47(39(36)28-60)70-29-69-44/h11-20,24-25,30-31,38,42-43,45-46H,9-10,21-23,26-29H2,1-8H3,(H,56,57)(H,58,65)(H,59,66)/t38-,42+,43?,45+,46+/m1/s1. The van der Waals surface area contributed by atoms with Crippen LogP contribution in [0.3, 0.4) is 0 Å². The molecule has 5 aliphatic rings. The first-order valence-electron chi connectivity index (χ1n) is 24.8. The molecule has 5 atom stereocenters. The number of rotatable bonds is 12. The van der Waals surface area contributed by atoms with Gasteiger partial charge in [-0.2, -0.15) is 0 Å². The molecule has 6 heterocycles. The predicted molar refractivity (Wildman–Crippen MR) is 268 cm³/mol. The average Bonchev–Trinajstić information content (AvgIpc) is 4.22. The van der Waals surface area contributed by atoms with Gasteiger partial charge in [-0.25, -0.2) is 19.4 Å². The third-order valence-corrected chi connectivity index (χ3v) is 13.9. The second kappa shape index (κ2) is 20.4. The van der Waals surface area contributed by atoms with Crippen LogP contribution in [0.2, 0.25) is 0 Å². The highest BCUT2D eigenvalue weighted by Crippen LogP contribution is 2.42. The number of carbonyl (C=O) groups is 5. The molecule has 1 aromatic heterocycles. The summed E-state index contributed by atoms with van der Waals surface area (Å²) in [4.78, 5) is 85.2. The van der Waals surface area contributed by atoms with Crippen LogP contribution >= 0.6 is 0 Å². The number of ether oxygens (including phenoxy) is 5. The van der Waals surface area contributed by atoms with Crippen LogP contribution < -0.4 is 20.1 Å². The molecule has 1 unspecified atom stereocenters. The maximum absolute atomic E-state index is 14.6. The summed E-state index contributed by atoms with van der Waals surface area (Å²) in [6, 6.07) is 17.9. The summed E-state index contributed by atoms with van der Waals surface area (Å²) in [6.45, 7) is 14.3. The van der Waals surface area contributed by atoms with Gasteiger partial charge in [-0.15, -0.1) is 0 Å². The number of nitrogens with zero attached hydrogens (tertiary/aromatic N) is 5. The zero-order chi connectivity index (χ0) is 51.0. The Morgan fingerprint density at radius 3 is 2.11 bits per heavy atom. The molecule has 5 amide bonds. The van der Waals surface area contributed by atoms with Crippen molar-refractivity contribution in [3.63, 3.8) is 0 Å². The Bertz CT molecular complexity index is 2780. The van der Waals surface area contributed by atoms with Gasteiger partial charge >= 0.3 is 18.3 Å². The lowest BCUT2D eigenvalue weighted by Gasteiger charge is -2.31. The number of aromatic nitrogens is 2. The summed E-state index contributed by atoms with van der Waals surface area (Å²) in [5, 5.41) is 5.51. The van der Waals surface area contributed by atoms with Gasteiger partial charge in [0.1, 0.15) is 29.6 Å². The van der Waals surface area contributed by atoms with E-state index in [1.807, 2.05) is 58.2 Å². The number of H-pyrrole nitrogens is 1. The number of imidazole rings is 1. The van der Waals surface area contributed by atoms with Gasteiger partial charge in [-0.1, -0.05) is 82.3 Å². The fourth-order valence-corrected chi connectivity index (χ4v) is 10.2. The zero-order valence-corrected chi connectivity index (χ0v) is 42.2. The van der Waals surface area contributed by atoms with E-state index in [1.165, 1.54) is 7.11 Å². The van der Waals surface area contributed by atoms with Gasteiger partial charge in [0.25, 0.3) is 0 Å². The highest BCUT2D eigenvalue weighted by molar-refractivity contribution is 6.04. The molecule has 0 aliphatic carbocycles. The molecule has 0 saturated carbocycles. The molecular formula is C54H64N8O10. The molecule has 9 rings (SSSR count). The Balaban J connectivity index is 0.855. The third-order valence-electron chi connectivity index (χ3n) is 13.9. The van der Waals surface area contributed by atoms with Gasteiger partial charge in [0, 0.05) is 43.4 Å². The fourth-order valence-electron chi connectivity index (χ4n) is 10.2. The number of hydrogen-bond donors (Lipinski definition) is 3. The minimum atomic E-state index is -0.899. The van der Waals surface area contributed by atoms with E-state index < -0.39 is 48.1 Å². The van der Waals surface area contributed by atoms with Crippen molar-refractivity contribution in [1.29, 1.82) is 0 Å². The summed E-state index contributed by atoms with van der Waals surface area (Å²) < 4.78 is 27.8. The highest BCUT2D eigenvalue weighted by Gasteiger charge is 2.45. The van der Waals surface area contributed by atoms with Crippen molar-refractivity contribution in [2.24, 2.45) is 16.8 Å². The first-order chi connectivity index (χ1) is 34.4. The number of fused-ring (bicyclic) bond motifs is 3. The number of aliphatic imine (C=N–C) groups is 1. The van der Waals surface area contributed by atoms with Crippen molar-refractivity contribution in [2.45, 2.75) is 123 Å². The molecular weight excluding hydrogens is 921 g/mol. The molecule has 0 radical (unpaired) electrons. The summed E-state index contributed by atoms with van der Waals surface area (Å²) in [6.07, 6.45) is 3.59. The molecule has 4 aromatic rings. The van der Waals surface area contributed by atoms with Crippen LogP contribution in [0.5, 0.6) is 11.5 Å². The maximum Gasteiger partial charge on any atom is 0.410 e. The lowest BCUT2D eigenvalue weighted by molar-refractivity contribution is -0.136. The fraction of sp³-hybridized carbons (Fsp3) is 0.463. The number of alkyl carbamates (subject to hydrolysis) is 2. The number of aromatic amines is 1. The van der Waals surface area contributed by atoms with E-state index in [1.54, 1.807) is 41.7 Å². The predicted octanol–water partition coefficient (Wildman–Crippen LogP) is 8.37. The molecule has 18 nitrogen and oxygen atoms in total. The minimum Gasteiger partial charge on any atom is -0.454 e. The molecule has 2 fully saturated rings. The first kappa shape index (κ1) is 49.6. The molecule has 3 aromatic carbocycles. The van der Waals surface area contributed by atoms with Crippen LogP contribution in [-0.2, 0) is 36.9 Å². The molecule has 0 spiro atoms. The topological polar surface area (TPSA) is 206 Å². The van der Waals surface area contributed by atoms with E-state index >= 15 is 0 Å². The van der Waals surface area contributed by atoms with Crippen molar-refractivity contribution in [3.05, 3.63) is 95.6 Å². The van der Waals surface area contributed by atoms with Gasteiger partial charge in [0.15, 0.2) is 11.5 Å². The van der Waals surface area contributed by atoms with Crippen LogP contribution in [0, 0.1) is 11.8 Å². The number of amides is 5. The van der Waals surface area contributed by atoms with Crippen LogP contribution in [0.1, 0.15) is 103 Å². The maximum atomic E-state index is 14.6. The van der Waals surface area contributed by atoms with Crippen molar-refractivity contribution < 1.29 is 47.7 Å². The lowest BCUT2D eigenvalue weighted by atomic mass is 9.95. The third kappa shape index (κ3) is 10.5. The van der Waals surface area contributed by atoms with Crippen molar-refractivity contribution in [1.82, 2.24) is 35.3 Å². The molecule has 380 valence electrons. The highest BCUT2D eigenvalue weighted by atomic mass is 16.7. The number of carbonyl (C=O) groups excluding carboxylic acids is 5. The van der Waals surface area contributed by atoms with Crippen molar-refractivity contribution in [2.75, 3.05) is 27.0 Å². The number of hydrogen-bond acceptors (Lipinski definition) is 12. The number of methoxy groups -OCH3 is 1. The smallest absolute Gasteiger partial charge is 0.410 e. The van der Waals surface area contributed by atoms with Crippen LogP contribution in [0.25, 0.3) is 28.0 Å². The Hall–Kier alpha value is -7.37. The number of benzene rings is 3. The van der Waals surface area contributed by atoms with Crippen LogP contribution in [0.15, 0.2) is 78.1 Å². The van der Waals surface area contributed by atoms with E-state index in [2.05, 4.69) is 52.0 Å². The first-order valence-corrected chi connectivity index (χ1v) is 24.8. The van der Waals surface area contributed by atoms with Crippen LogP contribution in [-0.4, -0.2) is 117 Å². The second-order valence-corrected chi connectivity index (χ2v) is 20.7. The minimum absolute atomic E-state index is 0.126. The number of allylic oxidation sites excluding steroid dienone is 1. The summed E-state index contributed by atoms with van der Waals surface area (Å²) in [5.74, 6) is 1.15. The largest absolute Gasteiger partial charge is 0.454 e. The van der Waals surface area contributed by atoms with E-state index in [4.69, 9.17) is 33.7 Å². The average molecular weight is 985 g/mol. The summed E-state index contributed by atoms with van der Waals surface area (Å²) >= 11 is 0. The van der Waals surface area contributed by atoms with E-state index in [-0.39, 0.29) is 43.0 Å². The Kier molecular flexibility index (Phi) is 14.0. The normalized spacial score (nSPS) is 20.0. The second-order valence-electron chi connectivity index (χ2n) is 20.7. The van der Waals surface area contributed by atoms with Gasteiger partial charge in [-0.3, -0.25) is 19.5 Å². The Morgan fingerprint density at radius 2 is 1.44 bits per heavy atom. The van der Waals surface area contributed by atoms with E-state index in [9.17, 15) is 24.0 Å². The van der Waals surface area contributed by atoms with Gasteiger partial charge in [-0.05, 0) is 84.9 Å². The molecule has 0 bridgehead atoms. The molecule has 5 aliphatic heterocycles. The monoisotopic (exact) mass is 984 g/mol. The van der Waals surface area contributed by atoms with Crippen molar-refractivity contribution >= 4 is 41.4 Å². The van der Waals surface area contributed by atoms with Gasteiger partial charge in [0.2, 0.25) is 18.6 Å². The number of likely N-dealkylation sites (tertiary alicyclic amines) is 2. The Labute approximate surface area is 419 Å². The van der Waals surface area contributed by atoms with Gasteiger partial charge < -0.3 is 49.1 Å². The lowest BCUT2D eigenvalue weighted by Crippen LogP contribution is -2.54. The SMILES string of the molecule is COC(=O)N[C@H](C(=O)N1CCC[C@H]1c1ncc(-c2ccc(-c3ccc(C4=CN=C(C5C[C@@H](OC(=O)N6Cc7ccc8c(c7C6)OCO8)CN5C(=O)[C@@H](NC(=O)OC(C)(C)C)C(C)C)C4)cc3)cc2)[nH]1)C(C)C. The number of nitrogens with one attached hydrogen (secondary N) is 3. The van der Waals surface area contributed by atoms with Gasteiger partial charge in [0.05, 0.1) is 44.2 Å². The Morgan fingerprint density at radius 1 is 0.792 bits per heavy atom. The molecule has 72 heavy (non-hydrogen) atoms. The molecule has 3 N–H and O–H groups in total. The van der Waals surface area contributed by atoms with E-state index in [0.29, 0.717) is 49.8 Å². The van der Waals surface area contributed by atoms with Crippen molar-refractivity contribution in [3.8, 4) is 33.9 Å². The summed E-state index contributed by atoms with van der Waals surface area (Å²) in [5.41, 5.74) is 7.68. The quantitative estimate of drug-likeness (QED) is 0.115. The zero-order valence-electron chi connectivity index (χ0n) is 42.2. The van der Waals surface area contributed by atoms with E-state index in [0.717, 1.165) is 63.2 Å². The van der Waals surface area contributed by atoms with Crippen LogP contribution in [0.4, 0.5) is 14.4 Å². The molecule has 18 heteroatoms. The molecule has 2 saturated heterocycles. The summed E-state index contributed by atoms with van der Waals surface area (Å²) in [7, 11) is 1.28.